The van der Waals surface area contributed by atoms with Crippen LogP contribution in [0.2, 0.25) is 0 Å². The summed E-state index contributed by atoms with van der Waals surface area (Å²) in [5.74, 6) is 0.267. The van der Waals surface area contributed by atoms with E-state index in [-0.39, 0.29) is 12.3 Å². The van der Waals surface area contributed by atoms with E-state index in [1.165, 1.54) is 0 Å². The SMILES string of the molecule is Cc1cc(C)c(C(=O)NC(Cc2ccc(-c3ncc(CNc4ncc[nH]4)o3)cc2)C(=O)O)c(C)c1. The van der Waals surface area contributed by atoms with Gasteiger partial charge in [-0.1, -0.05) is 29.8 Å². The Morgan fingerprint density at radius 1 is 1.09 bits per heavy atom. The Bertz CT molecular complexity index is 1300. The van der Waals surface area contributed by atoms with Gasteiger partial charge in [-0.2, -0.15) is 0 Å². The van der Waals surface area contributed by atoms with Crippen LogP contribution < -0.4 is 10.6 Å². The maximum Gasteiger partial charge on any atom is 0.326 e. The first-order valence-corrected chi connectivity index (χ1v) is 11.2. The van der Waals surface area contributed by atoms with E-state index in [0.717, 1.165) is 27.8 Å². The van der Waals surface area contributed by atoms with Crippen LogP contribution in [0.1, 0.15) is 38.4 Å². The quantitative estimate of drug-likeness (QED) is 0.288. The molecule has 35 heavy (non-hydrogen) atoms. The molecule has 0 aliphatic heterocycles. The molecule has 0 spiro atoms. The fourth-order valence-electron chi connectivity index (χ4n) is 4.04. The lowest BCUT2D eigenvalue weighted by molar-refractivity contribution is -0.139. The average molecular weight is 474 g/mol. The third-order valence-electron chi connectivity index (χ3n) is 5.63. The van der Waals surface area contributed by atoms with Crippen LogP contribution in [-0.2, 0) is 17.8 Å². The predicted octanol–water partition coefficient (Wildman–Crippen LogP) is 4.03. The summed E-state index contributed by atoms with van der Waals surface area (Å²) in [7, 11) is 0. The van der Waals surface area contributed by atoms with Gasteiger partial charge in [0.1, 0.15) is 11.8 Å². The number of aromatic nitrogens is 3. The largest absolute Gasteiger partial charge is 0.480 e. The number of carboxylic acid groups (broad SMARTS) is 1. The molecule has 0 saturated heterocycles. The van der Waals surface area contributed by atoms with Crippen molar-refractivity contribution in [3.63, 3.8) is 0 Å². The minimum Gasteiger partial charge on any atom is -0.480 e. The van der Waals surface area contributed by atoms with Crippen molar-refractivity contribution < 1.29 is 19.1 Å². The molecule has 2 aromatic heterocycles. The molecular weight excluding hydrogens is 446 g/mol. The first-order chi connectivity index (χ1) is 16.8. The number of anilines is 1. The van der Waals surface area contributed by atoms with Gasteiger partial charge in [0.05, 0.1) is 12.7 Å². The first kappa shape index (κ1) is 23.7. The number of rotatable bonds is 9. The molecule has 0 fully saturated rings. The Kier molecular flexibility index (Phi) is 6.96. The summed E-state index contributed by atoms with van der Waals surface area (Å²) in [6.45, 7) is 6.09. The van der Waals surface area contributed by atoms with Crippen LogP contribution in [0, 0.1) is 20.8 Å². The summed E-state index contributed by atoms with van der Waals surface area (Å²) < 4.78 is 5.79. The van der Waals surface area contributed by atoms with Gasteiger partial charge in [0.2, 0.25) is 5.89 Å². The van der Waals surface area contributed by atoms with E-state index in [0.29, 0.717) is 29.7 Å². The van der Waals surface area contributed by atoms with Crippen molar-refractivity contribution >= 4 is 17.8 Å². The summed E-state index contributed by atoms with van der Waals surface area (Å²) in [6.07, 6.45) is 5.17. The third-order valence-corrected chi connectivity index (χ3v) is 5.63. The van der Waals surface area contributed by atoms with Gasteiger partial charge < -0.3 is 25.1 Å². The summed E-state index contributed by atoms with van der Waals surface area (Å²) in [6, 6.07) is 10.0. The van der Waals surface area contributed by atoms with Gasteiger partial charge in [0.25, 0.3) is 5.91 Å². The number of nitrogens with zero attached hydrogens (tertiary/aromatic N) is 2. The number of H-pyrrole nitrogens is 1. The van der Waals surface area contributed by atoms with E-state index in [9.17, 15) is 14.7 Å². The van der Waals surface area contributed by atoms with E-state index in [2.05, 4.69) is 25.6 Å². The topological polar surface area (TPSA) is 133 Å². The van der Waals surface area contributed by atoms with Crippen molar-refractivity contribution in [3.05, 3.63) is 88.6 Å². The van der Waals surface area contributed by atoms with Crippen LogP contribution in [0.15, 0.2) is 59.4 Å². The van der Waals surface area contributed by atoms with Crippen LogP contribution in [0.4, 0.5) is 5.95 Å². The van der Waals surface area contributed by atoms with E-state index < -0.39 is 12.0 Å². The number of carboxylic acids is 1. The highest BCUT2D eigenvalue weighted by atomic mass is 16.4. The van der Waals surface area contributed by atoms with Crippen molar-refractivity contribution in [2.75, 3.05) is 5.32 Å². The van der Waals surface area contributed by atoms with Crippen LogP contribution in [0.25, 0.3) is 11.5 Å². The van der Waals surface area contributed by atoms with Gasteiger partial charge in [0.15, 0.2) is 5.95 Å². The number of oxazole rings is 1. The molecule has 4 aromatic rings. The van der Waals surface area contributed by atoms with Gasteiger partial charge in [0, 0.05) is 29.9 Å². The minimum atomic E-state index is -1.09. The predicted molar refractivity (Wildman–Crippen MR) is 131 cm³/mol. The van der Waals surface area contributed by atoms with Gasteiger partial charge in [-0.3, -0.25) is 4.79 Å². The molecule has 0 aliphatic carbocycles. The number of hydrogen-bond donors (Lipinski definition) is 4. The van der Waals surface area contributed by atoms with Crippen molar-refractivity contribution in [1.82, 2.24) is 20.3 Å². The molecule has 2 aromatic carbocycles. The number of benzene rings is 2. The van der Waals surface area contributed by atoms with Crippen LogP contribution in [0.3, 0.4) is 0 Å². The lowest BCUT2D eigenvalue weighted by Crippen LogP contribution is -2.42. The molecule has 9 nitrogen and oxygen atoms in total. The number of imidazole rings is 1. The van der Waals surface area contributed by atoms with Crippen LogP contribution in [0.5, 0.6) is 0 Å². The Morgan fingerprint density at radius 3 is 2.43 bits per heavy atom. The number of amides is 1. The Labute approximate surface area is 202 Å². The number of hydrogen-bond acceptors (Lipinski definition) is 6. The van der Waals surface area contributed by atoms with Crippen molar-refractivity contribution in [1.29, 1.82) is 0 Å². The fraction of sp³-hybridized carbons (Fsp3) is 0.231. The summed E-state index contributed by atoms with van der Waals surface area (Å²) in [5, 5.41) is 15.5. The zero-order valence-electron chi connectivity index (χ0n) is 19.8. The molecule has 0 radical (unpaired) electrons. The summed E-state index contributed by atoms with van der Waals surface area (Å²) in [4.78, 5) is 36.1. The van der Waals surface area contributed by atoms with Crippen molar-refractivity contribution in [3.8, 4) is 11.5 Å². The number of aliphatic carboxylic acids is 1. The molecule has 4 rings (SSSR count). The molecular formula is C26H27N5O4. The van der Waals surface area contributed by atoms with Crippen LogP contribution in [-0.4, -0.2) is 38.0 Å². The molecule has 1 amide bonds. The standard InChI is InChI=1S/C26H27N5O4/c1-15-10-16(2)22(17(3)11-15)23(32)31-21(25(33)34)12-18-4-6-19(7-5-18)24-29-13-20(35-24)14-30-26-27-8-9-28-26/h4-11,13,21H,12,14H2,1-3H3,(H,31,32)(H,33,34)(H2,27,28,30). The highest BCUT2D eigenvalue weighted by Gasteiger charge is 2.23. The van der Waals surface area contributed by atoms with Gasteiger partial charge in [-0.15, -0.1) is 0 Å². The minimum absolute atomic E-state index is 0.148. The zero-order valence-corrected chi connectivity index (χ0v) is 19.8. The average Bonchev–Trinajstić information content (AvgIpc) is 3.49. The second-order valence-corrected chi connectivity index (χ2v) is 8.46. The van der Waals surface area contributed by atoms with Gasteiger partial charge in [-0.25, -0.2) is 14.8 Å². The lowest BCUT2D eigenvalue weighted by Gasteiger charge is -2.17. The highest BCUT2D eigenvalue weighted by molar-refractivity contribution is 5.99. The summed E-state index contributed by atoms with van der Waals surface area (Å²) in [5.41, 5.74) is 4.73. The highest BCUT2D eigenvalue weighted by Crippen LogP contribution is 2.21. The van der Waals surface area contributed by atoms with Crippen molar-refractivity contribution in [2.24, 2.45) is 0 Å². The maximum absolute atomic E-state index is 12.9. The monoisotopic (exact) mass is 473 g/mol. The number of aromatic amines is 1. The molecule has 1 unspecified atom stereocenters. The van der Waals surface area contributed by atoms with Gasteiger partial charge in [-0.05, 0) is 49.6 Å². The maximum atomic E-state index is 12.9. The molecule has 2 heterocycles. The normalized spacial score (nSPS) is 11.7. The second-order valence-electron chi connectivity index (χ2n) is 8.46. The molecule has 4 N–H and O–H groups in total. The Balaban J connectivity index is 1.41. The molecule has 0 bridgehead atoms. The number of carbonyl (C=O) groups excluding carboxylic acids is 1. The van der Waals surface area contributed by atoms with Crippen LogP contribution >= 0.6 is 0 Å². The summed E-state index contributed by atoms with van der Waals surface area (Å²) >= 11 is 0. The number of nitrogens with one attached hydrogen (secondary N) is 3. The van der Waals surface area contributed by atoms with Crippen molar-refractivity contribution in [2.45, 2.75) is 39.8 Å². The number of aryl methyl sites for hydroxylation is 3. The van der Waals surface area contributed by atoms with Gasteiger partial charge >= 0.3 is 5.97 Å². The zero-order chi connectivity index (χ0) is 24.9. The van der Waals surface area contributed by atoms with E-state index in [4.69, 9.17) is 4.42 Å². The second kappa shape index (κ2) is 10.3. The fourth-order valence-corrected chi connectivity index (χ4v) is 4.04. The number of carbonyl (C=O) groups is 2. The molecule has 0 aliphatic rings. The van der Waals surface area contributed by atoms with E-state index in [1.807, 2.05) is 57.2 Å². The third kappa shape index (κ3) is 5.75. The molecule has 180 valence electrons. The molecule has 9 heteroatoms. The van der Waals surface area contributed by atoms with E-state index in [1.54, 1.807) is 18.6 Å². The Morgan fingerprint density at radius 2 is 1.80 bits per heavy atom. The smallest absolute Gasteiger partial charge is 0.326 e. The Hall–Kier alpha value is -4.40. The molecule has 0 saturated carbocycles. The van der Waals surface area contributed by atoms with E-state index >= 15 is 0 Å². The lowest BCUT2D eigenvalue weighted by atomic mass is 9.98. The first-order valence-electron chi connectivity index (χ1n) is 11.2. The molecule has 1 atom stereocenters.